The Morgan fingerprint density at radius 1 is 1.62 bits per heavy atom. The number of hydrazine groups is 1. The van der Waals surface area contributed by atoms with Crippen molar-refractivity contribution in [2.75, 3.05) is 0 Å². The summed E-state index contributed by atoms with van der Waals surface area (Å²) in [6.07, 6.45) is 0. The van der Waals surface area contributed by atoms with Crippen molar-refractivity contribution in [1.29, 1.82) is 0 Å². The number of carbonyl (C=O) groups excluding carboxylic acids is 1. The highest BCUT2D eigenvalue weighted by molar-refractivity contribution is 5.73. The molecule has 0 saturated heterocycles. The van der Waals surface area contributed by atoms with E-state index in [9.17, 15) is 4.79 Å². The summed E-state index contributed by atoms with van der Waals surface area (Å²) in [5, 5.41) is 6.28. The number of rotatable bonds is 2. The Bertz CT molecular complexity index is 288. The minimum Gasteiger partial charge on any atom is -0.361 e. The van der Waals surface area contributed by atoms with Crippen LogP contribution in [0.3, 0.4) is 0 Å². The summed E-state index contributed by atoms with van der Waals surface area (Å²) in [5.41, 5.74) is 3.62. The summed E-state index contributed by atoms with van der Waals surface area (Å²) < 4.78 is 4.91. The molecule has 6 nitrogen and oxygen atoms in total. The molecule has 6 heteroatoms. The smallest absolute Gasteiger partial charge is 0.329 e. The third kappa shape index (κ3) is 2.19. The van der Waals surface area contributed by atoms with E-state index >= 15 is 0 Å². The first-order valence-electron chi connectivity index (χ1n) is 3.81. The molecule has 0 saturated carbocycles. The Kier molecular flexibility index (Phi) is 2.86. The van der Waals surface area contributed by atoms with Gasteiger partial charge in [-0.1, -0.05) is 5.16 Å². The van der Waals surface area contributed by atoms with Crippen LogP contribution in [0.5, 0.6) is 0 Å². The van der Waals surface area contributed by atoms with Crippen molar-refractivity contribution in [3.8, 4) is 0 Å². The number of aryl methyl sites for hydroxylation is 2. The average Bonchev–Trinajstić information content (AvgIpc) is 2.43. The van der Waals surface area contributed by atoms with Gasteiger partial charge < -0.3 is 9.84 Å². The molecular weight excluding hydrogens is 172 g/mol. The summed E-state index contributed by atoms with van der Waals surface area (Å²) in [4.78, 5) is 10.7. The lowest BCUT2D eigenvalue weighted by Gasteiger charge is -2.02. The lowest BCUT2D eigenvalue weighted by atomic mass is 10.2. The number of urea groups is 1. The van der Waals surface area contributed by atoms with Gasteiger partial charge in [-0.05, 0) is 13.8 Å². The van der Waals surface area contributed by atoms with Crippen LogP contribution in [-0.2, 0) is 6.54 Å². The Morgan fingerprint density at radius 2 is 2.31 bits per heavy atom. The third-order valence-corrected chi connectivity index (χ3v) is 1.74. The maximum Gasteiger partial charge on any atom is 0.329 e. The van der Waals surface area contributed by atoms with Crippen molar-refractivity contribution in [3.63, 3.8) is 0 Å². The first-order valence-corrected chi connectivity index (χ1v) is 3.81. The molecule has 13 heavy (non-hydrogen) atoms. The molecule has 0 fully saturated rings. The fourth-order valence-corrected chi connectivity index (χ4v) is 0.974. The largest absolute Gasteiger partial charge is 0.361 e. The Morgan fingerprint density at radius 3 is 2.77 bits per heavy atom. The van der Waals surface area contributed by atoms with Crippen LogP contribution in [0.1, 0.15) is 17.0 Å². The SMILES string of the molecule is Cc1noc(C)c1CNC(=O)NN. The van der Waals surface area contributed by atoms with Crippen LogP contribution < -0.4 is 16.6 Å². The fourth-order valence-electron chi connectivity index (χ4n) is 0.974. The van der Waals surface area contributed by atoms with Crippen molar-refractivity contribution < 1.29 is 9.32 Å². The second-order valence-electron chi connectivity index (χ2n) is 2.63. The lowest BCUT2D eigenvalue weighted by molar-refractivity contribution is 0.240. The van der Waals surface area contributed by atoms with Gasteiger partial charge in [0.05, 0.1) is 5.69 Å². The van der Waals surface area contributed by atoms with Crippen LogP contribution in [0, 0.1) is 13.8 Å². The van der Waals surface area contributed by atoms with Crippen LogP contribution >= 0.6 is 0 Å². The van der Waals surface area contributed by atoms with Gasteiger partial charge in [0.15, 0.2) is 0 Å². The van der Waals surface area contributed by atoms with Gasteiger partial charge in [0, 0.05) is 12.1 Å². The van der Waals surface area contributed by atoms with Crippen molar-refractivity contribution in [3.05, 3.63) is 17.0 Å². The van der Waals surface area contributed by atoms with E-state index in [-0.39, 0.29) is 0 Å². The zero-order chi connectivity index (χ0) is 9.84. The predicted molar refractivity (Wildman–Crippen MR) is 45.5 cm³/mol. The van der Waals surface area contributed by atoms with Gasteiger partial charge in [-0.2, -0.15) is 0 Å². The van der Waals surface area contributed by atoms with Crippen molar-refractivity contribution in [1.82, 2.24) is 15.9 Å². The van der Waals surface area contributed by atoms with Crippen molar-refractivity contribution in [2.24, 2.45) is 5.84 Å². The normalized spacial score (nSPS) is 9.77. The molecule has 0 aromatic carbocycles. The van der Waals surface area contributed by atoms with Gasteiger partial charge in [0.25, 0.3) is 0 Å². The molecule has 1 heterocycles. The Hall–Kier alpha value is -1.56. The number of hydrogen-bond donors (Lipinski definition) is 3. The number of nitrogens with one attached hydrogen (secondary N) is 2. The van der Waals surface area contributed by atoms with Crippen molar-refractivity contribution >= 4 is 6.03 Å². The fraction of sp³-hybridized carbons (Fsp3) is 0.429. The first-order chi connectivity index (χ1) is 6.15. The van der Waals surface area contributed by atoms with E-state index in [1.54, 1.807) is 6.92 Å². The van der Waals surface area contributed by atoms with Gasteiger partial charge in [-0.25, -0.2) is 10.6 Å². The highest BCUT2D eigenvalue weighted by Crippen LogP contribution is 2.10. The molecule has 0 bridgehead atoms. The molecule has 1 rings (SSSR count). The monoisotopic (exact) mass is 184 g/mol. The second-order valence-corrected chi connectivity index (χ2v) is 2.63. The number of hydrogen-bond acceptors (Lipinski definition) is 4. The van der Waals surface area contributed by atoms with Crippen LogP contribution in [0.25, 0.3) is 0 Å². The van der Waals surface area contributed by atoms with Gasteiger partial charge >= 0.3 is 6.03 Å². The van der Waals surface area contributed by atoms with Gasteiger partial charge in [-0.15, -0.1) is 0 Å². The molecule has 0 spiro atoms. The molecule has 0 aliphatic rings. The number of aromatic nitrogens is 1. The quantitative estimate of drug-likeness (QED) is 0.341. The molecular formula is C7H12N4O2. The van der Waals surface area contributed by atoms with Crippen LogP contribution in [0.2, 0.25) is 0 Å². The molecule has 0 radical (unpaired) electrons. The van der Waals surface area contributed by atoms with E-state index in [0.717, 1.165) is 11.3 Å². The molecule has 0 unspecified atom stereocenters. The van der Waals surface area contributed by atoms with Crippen LogP contribution in [-0.4, -0.2) is 11.2 Å². The number of nitrogens with zero attached hydrogens (tertiary/aromatic N) is 1. The molecule has 2 amide bonds. The number of carbonyl (C=O) groups is 1. The zero-order valence-corrected chi connectivity index (χ0v) is 7.55. The predicted octanol–water partition coefficient (Wildman–Crippen LogP) is -0.0357. The molecule has 0 aliphatic carbocycles. The molecule has 0 atom stereocenters. The summed E-state index contributed by atoms with van der Waals surface area (Å²) in [6, 6.07) is -0.431. The van der Waals surface area contributed by atoms with E-state index in [0.29, 0.717) is 12.3 Å². The zero-order valence-electron chi connectivity index (χ0n) is 7.55. The maximum atomic E-state index is 10.7. The maximum absolute atomic E-state index is 10.7. The second kappa shape index (κ2) is 3.90. The van der Waals surface area contributed by atoms with Gasteiger partial charge in [0.2, 0.25) is 0 Å². The standard InChI is InChI=1S/C7H12N4O2/c1-4-6(5(2)13-11-4)3-9-7(12)10-8/h3,8H2,1-2H3,(H2,9,10,12). The minimum atomic E-state index is -0.431. The summed E-state index contributed by atoms with van der Waals surface area (Å²) >= 11 is 0. The highest BCUT2D eigenvalue weighted by atomic mass is 16.5. The number of nitrogens with two attached hydrogens (primary N) is 1. The van der Waals surface area contributed by atoms with Gasteiger partial charge in [0.1, 0.15) is 5.76 Å². The van der Waals surface area contributed by atoms with Gasteiger partial charge in [-0.3, -0.25) is 5.43 Å². The summed E-state index contributed by atoms with van der Waals surface area (Å²) in [5.74, 6) is 5.59. The Balaban J connectivity index is 2.58. The van der Waals surface area contributed by atoms with Crippen molar-refractivity contribution in [2.45, 2.75) is 20.4 Å². The van der Waals surface area contributed by atoms with Crippen LogP contribution in [0.15, 0.2) is 4.52 Å². The molecule has 4 N–H and O–H groups in total. The van der Waals surface area contributed by atoms with E-state index in [2.05, 4.69) is 10.5 Å². The lowest BCUT2D eigenvalue weighted by Crippen LogP contribution is -2.39. The van der Waals surface area contributed by atoms with E-state index < -0.39 is 6.03 Å². The molecule has 1 aromatic rings. The first kappa shape index (κ1) is 9.53. The van der Waals surface area contributed by atoms with E-state index in [1.807, 2.05) is 12.3 Å². The summed E-state index contributed by atoms with van der Waals surface area (Å²) in [7, 11) is 0. The Labute approximate surface area is 75.4 Å². The summed E-state index contributed by atoms with van der Waals surface area (Å²) in [6.45, 7) is 3.97. The van der Waals surface area contributed by atoms with Crippen LogP contribution in [0.4, 0.5) is 4.79 Å². The third-order valence-electron chi connectivity index (χ3n) is 1.74. The van der Waals surface area contributed by atoms with E-state index in [1.165, 1.54) is 0 Å². The molecule has 0 aliphatic heterocycles. The molecule has 72 valence electrons. The minimum absolute atomic E-state index is 0.365. The van der Waals surface area contributed by atoms with E-state index in [4.69, 9.17) is 10.4 Å². The average molecular weight is 184 g/mol. The highest BCUT2D eigenvalue weighted by Gasteiger charge is 2.08. The number of amides is 2. The molecule has 1 aromatic heterocycles. The topological polar surface area (TPSA) is 93.2 Å².